The van der Waals surface area contributed by atoms with E-state index in [1.807, 2.05) is 6.07 Å². The maximum absolute atomic E-state index is 12.1. The van der Waals surface area contributed by atoms with Crippen molar-refractivity contribution in [3.05, 3.63) is 65.7 Å². The van der Waals surface area contributed by atoms with Crippen LogP contribution in [0.3, 0.4) is 0 Å². The molecule has 0 unspecified atom stereocenters. The number of rotatable bonds is 3. The number of esters is 2. The number of benzene rings is 2. The summed E-state index contributed by atoms with van der Waals surface area (Å²) in [5.41, 5.74) is 2.29. The molecule has 1 amide bonds. The fourth-order valence-corrected chi connectivity index (χ4v) is 2.44. The molecule has 5 heteroatoms. The highest BCUT2D eigenvalue weighted by Gasteiger charge is 2.34. The van der Waals surface area contributed by atoms with E-state index in [1.54, 1.807) is 48.5 Å². The van der Waals surface area contributed by atoms with Crippen molar-refractivity contribution in [1.82, 2.24) is 0 Å². The molecular formula is C18H13NO4. The highest BCUT2D eigenvalue weighted by molar-refractivity contribution is 6.44. The molecule has 0 spiro atoms. The van der Waals surface area contributed by atoms with E-state index in [9.17, 15) is 14.4 Å². The van der Waals surface area contributed by atoms with Gasteiger partial charge in [0.05, 0.1) is 11.1 Å². The number of nitrogens with one attached hydrogen (secondary N) is 1. The van der Waals surface area contributed by atoms with Crippen LogP contribution < -0.4 is 5.32 Å². The Hall–Kier alpha value is -3.21. The fourth-order valence-electron chi connectivity index (χ4n) is 2.44. The summed E-state index contributed by atoms with van der Waals surface area (Å²) >= 11 is 0. The molecule has 0 bridgehead atoms. The Bertz CT molecular complexity index is 820. The van der Waals surface area contributed by atoms with Crippen LogP contribution in [0, 0.1) is 0 Å². The first-order valence-electron chi connectivity index (χ1n) is 7.00. The van der Waals surface area contributed by atoms with E-state index < -0.39 is 11.9 Å². The summed E-state index contributed by atoms with van der Waals surface area (Å²) in [7, 11) is 0. The minimum absolute atomic E-state index is 0.183. The Morgan fingerprint density at radius 3 is 1.87 bits per heavy atom. The first-order chi connectivity index (χ1) is 11.1. The normalized spacial score (nSPS) is 14.0. The highest BCUT2D eigenvalue weighted by atomic mass is 16.6. The smallest absolute Gasteiger partial charge is 0.347 e. The monoisotopic (exact) mass is 307 g/mol. The second-order valence-electron chi connectivity index (χ2n) is 5.05. The number of amides is 1. The lowest BCUT2D eigenvalue weighted by Gasteiger charge is -2.05. The zero-order valence-electron chi connectivity index (χ0n) is 12.3. The predicted octanol–water partition coefficient (Wildman–Crippen LogP) is 2.64. The van der Waals surface area contributed by atoms with Crippen molar-refractivity contribution in [2.45, 2.75) is 6.92 Å². The number of hydrogen-bond acceptors (Lipinski definition) is 4. The molecule has 2 aromatic rings. The van der Waals surface area contributed by atoms with E-state index in [0.29, 0.717) is 16.8 Å². The minimum atomic E-state index is -0.666. The lowest BCUT2D eigenvalue weighted by Crippen LogP contribution is -2.05. The second kappa shape index (κ2) is 5.88. The minimum Gasteiger partial charge on any atom is -0.386 e. The quantitative estimate of drug-likeness (QED) is 0.699. The summed E-state index contributed by atoms with van der Waals surface area (Å²) in [6.45, 7) is 1.41. The maximum atomic E-state index is 12.1. The molecule has 1 heterocycles. The summed E-state index contributed by atoms with van der Waals surface area (Å²) in [6.07, 6.45) is 0. The first kappa shape index (κ1) is 14.7. The van der Waals surface area contributed by atoms with Crippen LogP contribution in [0.25, 0.3) is 11.1 Å². The molecule has 0 atom stereocenters. The van der Waals surface area contributed by atoms with Gasteiger partial charge in [0.1, 0.15) is 0 Å². The topological polar surface area (TPSA) is 72.5 Å². The maximum Gasteiger partial charge on any atom is 0.347 e. The number of carbonyl (C=O) groups excluding carboxylic acids is 3. The van der Waals surface area contributed by atoms with Gasteiger partial charge in [-0.25, -0.2) is 9.59 Å². The van der Waals surface area contributed by atoms with Crippen LogP contribution in [0.1, 0.15) is 18.1 Å². The summed E-state index contributed by atoms with van der Waals surface area (Å²) < 4.78 is 4.77. The molecule has 1 aliphatic heterocycles. The van der Waals surface area contributed by atoms with Crippen molar-refractivity contribution in [2.75, 3.05) is 5.32 Å². The fraction of sp³-hybridized carbons (Fsp3) is 0.0556. The molecule has 0 aliphatic carbocycles. The highest BCUT2D eigenvalue weighted by Crippen LogP contribution is 2.34. The van der Waals surface area contributed by atoms with E-state index >= 15 is 0 Å². The number of ether oxygens (including phenoxy) is 1. The van der Waals surface area contributed by atoms with E-state index in [0.717, 1.165) is 0 Å². The molecule has 114 valence electrons. The van der Waals surface area contributed by atoms with Gasteiger partial charge >= 0.3 is 11.9 Å². The number of anilines is 1. The Morgan fingerprint density at radius 1 is 0.826 bits per heavy atom. The molecule has 0 fully saturated rings. The molecule has 5 nitrogen and oxygen atoms in total. The Morgan fingerprint density at radius 2 is 1.35 bits per heavy atom. The summed E-state index contributed by atoms with van der Waals surface area (Å²) in [5, 5.41) is 2.65. The van der Waals surface area contributed by atoms with Gasteiger partial charge in [-0.15, -0.1) is 0 Å². The molecule has 0 saturated carbocycles. The largest absolute Gasteiger partial charge is 0.386 e. The van der Waals surface area contributed by atoms with Crippen LogP contribution in [-0.2, 0) is 19.1 Å². The van der Waals surface area contributed by atoms with Gasteiger partial charge in [-0.1, -0.05) is 42.5 Å². The Balaban J connectivity index is 2.07. The lowest BCUT2D eigenvalue weighted by atomic mass is 9.96. The molecular weight excluding hydrogens is 294 g/mol. The van der Waals surface area contributed by atoms with Crippen LogP contribution in [-0.4, -0.2) is 17.8 Å². The standard InChI is InChI=1S/C18H13NO4/c1-11(20)19-14-9-7-13(8-10-14)16-15(17(21)23-18(16)22)12-5-3-2-4-6-12/h2-10H,1H3,(H,19,20). The average Bonchev–Trinajstić information content (AvgIpc) is 2.83. The van der Waals surface area contributed by atoms with Crippen molar-refractivity contribution in [2.24, 2.45) is 0 Å². The third-order valence-corrected chi connectivity index (χ3v) is 3.40. The van der Waals surface area contributed by atoms with E-state index in [1.165, 1.54) is 6.92 Å². The van der Waals surface area contributed by atoms with Gasteiger partial charge in [0.15, 0.2) is 0 Å². The van der Waals surface area contributed by atoms with Gasteiger partial charge in [0, 0.05) is 12.6 Å². The van der Waals surface area contributed by atoms with Crippen molar-refractivity contribution in [1.29, 1.82) is 0 Å². The van der Waals surface area contributed by atoms with Gasteiger partial charge in [-0.3, -0.25) is 4.79 Å². The van der Waals surface area contributed by atoms with Crippen molar-refractivity contribution in [3.63, 3.8) is 0 Å². The van der Waals surface area contributed by atoms with Gasteiger partial charge in [0.2, 0.25) is 5.91 Å². The molecule has 0 aromatic heterocycles. The van der Waals surface area contributed by atoms with Crippen LogP contribution in [0.15, 0.2) is 54.6 Å². The lowest BCUT2D eigenvalue weighted by molar-refractivity contribution is -0.149. The second-order valence-corrected chi connectivity index (χ2v) is 5.05. The SMILES string of the molecule is CC(=O)Nc1ccc(C2=C(c3ccccc3)C(=O)OC2=O)cc1. The van der Waals surface area contributed by atoms with E-state index in [-0.39, 0.29) is 17.1 Å². The summed E-state index contributed by atoms with van der Waals surface area (Å²) in [5.74, 6) is -1.50. The first-order valence-corrected chi connectivity index (χ1v) is 7.00. The van der Waals surface area contributed by atoms with E-state index in [4.69, 9.17) is 4.74 Å². The average molecular weight is 307 g/mol. The number of cyclic esters (lactones) is 2. The van der Waals surface area contributed by atoms with Crippen LogP contribution >= 0.6 is 0 Å². The van der Waals surface area contributed by atoms with Crippen LogP contribution in [0.2, 0.25) is 0 Å². The van der Waals surface area contributed by atoms with Gasteiger partial charge in [-0.2, -0.15) is 0 Å². The molecule has 1 N–H and O–H groups in total. The third kappa shape index (κ3) is 2.89. The number of carbonyl (C=O) groups is 3. The molecule has 0 radical (unpaired) electrons. The molecule has 1 aliphatic rings. The van der Waals surface area contributed by atoms with Crippen molar-refractivity contribution < 1.29 is 19.1 Å². The van der Waals surface area contributed by atoms with Crippen LogP contribution in [0.5, 0.6) is 0 Å². The van der Waals surface area contributed by atoms with Gasteiger partial charge in [0.25, 0.3) is 0 Å². The zero-order chi connectivity index (χ0) is 16.4. The Kier molecular flexibility index (Phi) is 3.76. The van der Waals surface area contributed by atoms with Crippen molar-refractivity contribution >= 4 is 34.7 Å². The summed E-state index contributed by atoms with van der Waals surface area (Å²) in [4.78, 5) is 35.1. The molecule has 23 heavy (non-hydrogen) atoms. The number of hydrogen-bond donors (Lipinski definition) is 1. The van der Waals surface area contributed by atoms with Gasteiger partial charge in [-0.05, 0) is 23.3 Å². The van der Waals surface area contributed by atoms with Crippen molar-refractivity contribution in [3.8, 4) is 0 Å². The molecule has 3 rings (SSSR count). The van der Waals surface area contributed by atoms with Crippen LogP contribution in [0.4, 0.5) is 5.69 Å². The third-order valence-electron chi connectivity index (χ3n) is 3.40. The zero-order valence-corrected chi connectivity index (χ0v) is 12.3. The Labute approximate surface area is 132 Å². The van der Waals surface area contributed by atoms with E-state index in [2.05, 4.69) is 5.32 Å². The molecule has 2 aromatic carbocycles. The summed E-state index contributed by atoms with van der Waals surface area (Å²) in [6, 6.07) is 15.6. The molecule has 0 saturated heterocycles. The van der Waals surface area contributed by atoms with Gasteiger partial charge < -0.3 is 10.1 Å². The predicted molar refractivity (Wildman–Crippen MR) is 85.1 cm³/mol.